The largest absolute Gasteiger partial charge is 0.393 e. The van der Waals surface area contributed by atoms with Crippen molar-refractivity contribution in [2.45, 2.75) is 33.8 Å². The summed E-state index contributed by atoms with van der Waals surface area (Å²) in [5.74, 6) is 0. The van der Waals surface area contributed by atoms with Gasteiger partial charge in [0, 0.05) is 23.7 Å². The molecule has 15 heavy (non-hydrogen) atoms. The van der Waals surface area contributed by atoms with Crippen LogP contribution in [0.4, 0.5) is 0 Å². The summed E-state index contributed by atoms with van der Waals surface area (Å²) in [5, 5.41) is 22.0. The molecule has 3 nitrogen and oxygen atoms in total. The maximum Gasteiger partial charge on any atom is 0.104 e. The number of allylic oxidation sites excluding steroid dienone is 1. The van der Waals surface area contributed by atoms with Gasteiger partial charge in [-0.25, -0.2) is 0 Å². The fourth-order valence-electron chi connectivity index (χ4n) is 2.34. The Kier molecular flexibility index (Phi) is 3.26. The van der Waals surface area contributed by atoms with Crippen LogP contribution < -0.4 is 5.32 Å². The van der Waals surface area contributed by atoms with E-state index in [1.807, 2.05) is 14.0 Å². The van der Waals surface area contributed by atoms with E-state index in [1.165, 1.54) is 5.57 Å². The van der Waals surface area contributed by atoms with Crippen LogP contribution in [0.2, 0.25) is 0 Å². The molecule has 0 bridgehead atoms. The SMILES string of the molecule is CNC1=C([C@@H](O)CO)C(C)=C(C)C1(C)C. The summed E-state index contributed by atoms with van der Waals surface area (Å²) in [7, 11) is 1.85. The van der Waals surface area contributed by atoms with Crippen LogP contribution in [0.1, 0.15) is 27.7 Å². The number of aliphatic hydroxyl groups is 2. The van der Waals surface area contributed by atoms with Crippen molar-refractivity contribution < 1.29 is 10.2 Å². The first-order valence-electron chi connectivity index (χ1n) is 5.27. The van der Waals surface area contributed by atoms with E-state index in [1.54, 1.807) is 0 Å². The smallest absolute Gasteiger partial charge is 0.104 e. The van der Waals surface area contributed by atoms with Gasteiger partial charge in [0.05, 0.1) is 6.61 Å². The van der Waals surface area contributed by atoms with Gasteiger partial charge in [-0.05, 0) is 19.4 Å². The molecule has 1 atom stereocenters. The molecule has 3 heteroatoms. The molecule has 0 radical (unpaired) electrons. The fraction of sp³-hybridized carbons (Fsp3) is 0.667. The second-order valence-corrected chi connectivity index (χ2v) is 4.61. The van der Waals surface area contributed by atoms with Gasteiger partial charge in [-0.15, -0.1) is 0 Å². The quantitative estimate of drug-likeness (QED) is 0.657. The minimum absolute atomic E-state index is 0.0791. The Morgan fingerprint density at radius 2 is 1.87 bits per heavy atom. The van der Waals surface area contributed by atoms with E-state index in [-0.39, 0.29) is 12.0 Å². The molecule has 3 N–H and O–H groups in total. The lowest BCUT2D eigenvalue weighted by Gasteiger charge is -2.26. The van der Waals surface area contributed by atoms with Crippen molar-refractivity contribution in [1.82, 2.24) is 5.32 Å². The van der Waals surface area contributed by atoms with E-state index < -0.39 is 6.10 Å². The minimum Gasteiger partial charge on any atom is -0.393 e. The van der Waals surface area contributed by atoms with Crippen LogP contribution in [0, 0.1) is 5.41 Å². The summed E-state index contributed by atoms with van der Waals surface area (Å²) in [6.07, 6.45) is -0.788. The molecule has 0 aliphatic heterocycles. The van der Waals surface area contributed by atoms with Crippen molar-refractivity contribution in [2.24, 2.45) is 5.41 Å². The number of rotatable bonds is 3. The molecule has 0 amide bonds. The van der Waals surface area contributed by atoms with Crippen LogP contribution in [0.3, 0.4) is 0 Å². The van der Waals surface area contributed by atoms with Gasteiger partial charge < -0.3 is 15.5 Å². The molecule has 0 saturated heterocycles. The highest BCUT2D eigenvalue weighted by molar-refractivity contribution is 5.52. The summed E-state index contributed by atoms with van der Waals surface area (Å²) in [4.78, 5) is 0. The molecule has 86 valence electrons. The Labute approximate surface area is 91.5 Å². The molecule has 0 aromatic rings. The third kappa shape index (κ3) is 1.70. The molecule has 0 aromatic carbocycles. The van der Waals surface area contributed by atoms with Gasteiger partial charge in [-0.2, -0.15) is 0 Å². The van der Waals surface area contributed by atoms with E-state index in [9.17, 15) is 5.11 Å². The second-order valence-electron chi connectivity index (χ2n) is 4.61. The molecule has 0 aromatic heterocycles. The molecular weight excluding hydrogens is 190 g/mol. The maximum absolute atomic E-state index is 9.80. The lowest BCUT2D eigenvalue weighted by molar-refractivity contribution is 0.122. The standard InChI is InChI=1S/C12H21NO2/c1-7-8(2)12(3,4)11(13-5)10(7)9(15)6-14/h9,13-15H,6H2,1-5H3/t9-/m0/s1. The summed E-state index contributed by atoms with van der Waals surface area (Å²) in [5.41, 5.74) is 4.12. The van der Waals surface area contributed by atoms with Crippen LogP contribution in [0.25, 0.3) is 0 Å². The van der Waals surface area contributed by atoms with E-state index >= 15 is 0 Å². The van der Waals surface area contributed by atoms with E-state index in [4.69, 9.17) is 5.11 Å². The van der Waals surface area contributed by atoms with Crippen LogP contribution in [-0.4, -0.2) is 30.0 Å². The predicted molar refractivity (Wildman–Crippen MR) is 61.3 cm³/mol. The molecule has 1 aliphatic rings. The molecule has 0 saturated carbocycles. The first-order valence-corrected chi connectivity index (χ1v) is 5.27. The summed E-state index contributed by atoms with van der Waals surface area (Å²) in [6, 6.07) is 0. The molecule has 0 heterocycles. The van der Waals surface area contributed by atoms with Crippen LogP contribution in [0.5, 0.6) is 0 Å². The summed E-state index contributed by atoms with van der Waals surface area (Å²) < 4.78 is 0. The first kappa shape index (κ1) is 12.3. The van der Waals surface area contributed by atoms with E-state index in [2.05, 4.69) is 26.1 Å². The molecule has 0 unspecified atom stereocenters. The van der Waals surface area contributed by atoms with Gasteiger partial charge in [0.1, 0.15) is 6.10 Å². The first-order chi connectivity index (χ1) is 6.87. The Morgan fingerprint density at radius 1 is 1.33 bits per heavy atom. The lowest BCUT2D eigenvalue weighted by atomic mass is 9.84. The van der Waals surface area contributed by atoms with Gasteiger partial charge >= 0.3 is 0 Å². The zero-order valence-electron chi connectivity index (χ0n) is 10.2. The Balaban J connectivity index is 3.30. The summed E-state index contributed by atoms with van der Waals surface area (Å²) in [6.45, 7) is 8.07. The maximum atomic E-state index is 9.80. The number of nitrogens with one attached hydrogen (secondary N) is 1. The summed E-state index contributed by atoms with van der Waals surface area (Å²) >= 11 is 0. The van der Waals surface area contributed by atoms with E-state index in [0.717, 1.165) is 16.8 Å². The number of aliphatic hydroxyl groups excluding tert-OH is 2. The van der Waals surface area contributed by atoms with Gasteiger partial charge in [-0.3, -0.25) is 0 Å². The molecule has 1 aliphatic carbocycles. The van der Waals surface area contributed by atoms with Gasteiger partial charge in [0.2, 0.25) is 0 Å². The normalized spacial score (nSPS) is 22.3. The van der Waals surface area contributed by atoms with Crippen molar-refractivity contribution in [2.75, 3.05) is 13.7 Å². The topological polar surface area (TPSA) is 52.5 Å². The Morgan fingerprint density at radius 3 is 2.27 bits per heavy atom. The van der Waals surface area contributed by atoms with Crippen molar-refractivity contribution in [1.29, 1.82) is 0 Å². The third-order valence-corrected chi connectivity index (χ3v) is 3.55. The average Bonchev–Trinajstić information content (AvgIpc) is 2.37. The second kappa shape index (κ2) is 3.99. The minimum atomic E-state index is -0.788. The molecule has 1 rings (SSSR count). The zero-order valence-corrected chi connectivity index (χ0v) is 10.2. The van der Waals surface area contributed by atoms with E-state index in [0.29, 0.717) is 0 Å². The highest BCUT2D eigenvalue weighted by atomic mass is 16.3. The highest BCUT2D eigenvalue weighted by Crippen LogP contribution is 2.45. The van der Waals surface area contributed by atoms with Crippen LogP contribution in [-0.2, 0) is 0 Å². The number of hydrogen-bond acceptors (Lipinski definition) is 3. The van der Waals surface area contributed by atoms with Crippen LogP contribution in [0.15, 0.2) is 22.4 Å². The van der Waals surface area contributed by atoms with Gasteiger partial charge in [0.25, 0.3) is 0 Å². The van der Waals surface area contributed by atoms with Crippen molar-refractivity contribution in [3.8, 4) is 0 Å². The Hall–Kier alpha value is -0.800. The molecule has 0 fully saturated rings. The van der Waals surface area contributed by atoms with Crippen molar-refractivity contribution in [3.63, 3.8) is 0 Å². The zero-order chi connectivity index (χ0) is 11.8. The monoisotopic (exact) mass is 211 g/mol. The Bertz CT molecular complexity index is 327. The molecular formula is C12H21NO2. The van der Waals surface area contributed by atoms with Gasteiger partial charge in [0.15, 0.2) is 0 Å². The number of hydrogen-bond donors (Lipinski definition) is 3. The fourth-order valence-corrected chi connectivity index (χ4v) is 2.34. The predicted octanol–water partition coefficient (Wildman–Crippen LogP) is 1.19. The van der Waals surface area contributed by atoms with Gasteiger partial charge in [-0.1, -0.05) is 19.4 Å². The third-order valence-electron chi connectivity index (χ3n) is 3.55. The average molecular weight is 211 g/mol. The van der Waals surface area contributed by atoms with Crippen molar-refractivity contribution in [3.05, 3.63) is 22.4 Å². The highest BCUT2D eigenvalue weighted by Gasteiger charge is 2.37. The lowest BCUT2D eigenvalue weighted by Crippen LogP contribution is -2.26. The molecule has 0 spiro atoms. The van der Waals surface area contributed by atoms with Crippen molar-refractivity contribution >= 4 is 0 Å². The van der Waals surface area contributed by atoms with Crippen LogP contribution >= 0.6 is 0 Å².